The largest absolute Gasteiger partial charge is 0.325 e. The van der Waals surface area contributed by atoms with E-state index in [-0.39, 0.29) is 17.2 Å². The van der Waals surface area contributed by atoms with E-state index in [0.29, 0.717) is 25.1 Å². The van der Waals surface area contributed by atoms with Gasteiger partial charge in [-0.2, -0.15) is 4.72 Å². The van der Waals surface area contributed by atoms with Crippen molar-refractivity contribution in [1.82, 2.24) is 4.72 Å². The topological polar surface area (TPSA) is 95.6 Å². The summed E-state index contributed by atoms with van der Waals surface area (Å²) in [6.07, 6.45) is 2.06. The molecule has 0 bridgehead atoms. The van der Waals surface area contributed by atoms with Crippen molar-refractivity contribution in [3.05, 3.63) is 89.5 Å². The quantitative estimate of drug-likeness (QED) is 0.458. The number of nitrogens with zero attached hydrogens (tertiary/aromatic N) is 1. The Morgan fingerprint density at radius 3 is 2.33 bits per heavy atom. The molecule has 188 valence electrons. The average molecular weight is 506 g/mol. The molecule has 0 spiro atoms. The van der Waals surface area contributed by atoms with Crippen molar-refractivity contribution in [3.8, 4) is 0 Å². The monoisotopic (exact) mass is 505 g/mol. The number of anilines is 2. The maximum atomic E-state index is 13.4. The summed E-state index contributed by atoms with van der Waals surface area (Å²) in [6, 6.07) is 20.5. The Labute approximate surface area is 212 Å². The van der Waals surface area contributed by atoms with Gasteiger partial charge in [-0.15, -0.1) is 0 Å². The fourth-order valence-corrected chi connectivity index (χ4v) is 5.59. The molecule has 0 aromatic heterocycles. The lowest BCUT2D eigenvalue weighted by atomic mass is 10.1. The van der Waals surface area contributed by atoms with Gasteiger partial charge in [0.25, 0.3) is 0 Å². The third-order valence-electron chi connectivity index (χ3n) is 6.39. The summed E-state index contributed by atoms with van der Waals surface area (Å²) in [4.78, 5) is 27.2. The Morgan fingerprint density at radius 2 is 1.67 bits per heavy atom. The van der Waals surface area contributed by atoms with Gasteiger partial charge in [0.1, 0.15) is 6.04 Å². The summed E-state index contributed by atoms with van der Waals surface area (Å²) in [7, 11) is -4.01. The van der Waals surface area contributed by atoms with Crippen molar-refractivity contribution in [2.75, 3.05) is 16.8 Å². The van der Waals surface area contributed by atoms with Gasteiger partial charge in [0.2, 0.25) is 21.8 Å². The molecule has 36 heavy (non-hydrogen) atoms. The maximum Gasteiger partial charge on any atom is 0.242 e. The van der Waals surface area contributed by atoms with Crippen molar-refractivity contribution in [2.24, 2.45) is 0 Å². The van der Waals surface area contributed by atoms with E-state index in [9.17, 15) is 18.0 Å². The second-order valence-electron chi connectivity index (χ2n) is 8.84. The van der Waals surface area contributed by atoms with Gasteiger partial charge in [0.05, 0.1) is 4.90 Å². The Kier molecular flexibility index (Phi) is 7.86. The van der Waals surface area contributed by atoms with E-state index in [1.54, 1.807) is 24.0 Å². The highest BCUT2D eigenvalue weighted by Gasteiger charge is 2.29. The first-order valence-corrected chi connectivity index (χ1v) is 13.7. The number of sulfonamides is 1. The lowest BCUT2D eigenvalue weighted by Crippen LogP contribution is -2.45. The van der Waals surface area contributed by atoms with E-state index in [2.05, 4.69) is 17.0 Å². The molecule has 0 saturated carbocycles. The highest BCUT2D eigenvalue weighted by Crippen LogP contribution is 2.30. The van der Waals surface area contributed by atoms with Crippen LogP contribution in [0.3, 0.4) is 0 Å². The maximum absolute atomic E-state index is 13.4. The SMILES string of the molecule is CCC(=O)N1CCc2cc(S(=O)(=O)N[C@H](Cc3ccccc3)C(=O)Nc3ccc(CC)cc3)ccc21. The molecular weight excluding hydrogens is 474 g/mol. The van der Waals surface area contributed by atoms with Crippen LogP contribution in [0.5, 0.6) is 0 Å². The van der Waals surface area contributed by atoms with Gasteiger partial charge in [0, 0.05) is 24.3 Å². The van der Waals surface area contributed by atoms with Gasteiger partial charge in [-0.25, -0.2) is 8.42 Å². The zero-order chi connectivity index (χ0) is 25.7. The average Bonchev–Trinajstić information content (AvgIpc) is 3.32. The molecule has 4 rings (SSSR count). The molecule has 0 saturated heterocycles. The number of carbonyl (C=O) groups excluding carboxylic acids is 2. The predicted octanol–water partition coefficient (Wildman–Crippen LogP) is 4.08. The molecule has 3 aromatic carbocycles. The molecule has 7 nitrogen and oxygen atoms in total. The number of amides is 2. The Hall–Kier alpha value is -3.49. The molecule has 2 amide bonds. The third kappa shape index (κ3) is 5.83. The van der Waals surface area contributed by atoms with Gasteiger partial charge < -0.3 is 10.2 Å². The minimum Gasteiger partial charge on any atom is -0.325 e. The fourth-order valence-electron chi connectivity index (χ4n) is 4.34. The van der Waals surface area contributed by atoms with E-state index in [1.807, 2.05) is 54.6 Å². The standard InChI is InChI=1S/C28H31N3O4S/c1-3-20-10-12-23(13-11-20)29-28(33)25(18-21-8-6-5-7-9-21)30-36(34,35)24-14-15-26-22(19-24)16-17-31(26)27(32)4-2/h5-15,19,25,30H,3-4,16-18H2,1-2H3,(H,29,33)/t25-/m1/s1. The minimum atomic E-state index is -4.01. The number of aryl methyl sites for hydroxylation is 1. The Morgan fingerprint density at radius 1 is 0.944 bits per heavy atom. The van der Waals surface area contributed by atoms with Crippen LogP contribution in [0.25, 0.3) is 0 Å². The number of nitrogens with one attached hydrogen (secondary N) is 2. The first kappa shape index (κ1) is 25.6. The van der Waals surface area contributed by atoms with E-state index in [0.717, 1.165) is 28.8 Å². The van der Waals surface area contributed by atoms with Crippen LogP contribution in [-0.2, 0) is 38.9 Å². The molecule has 0 fully saturated rings. The number of benzene rings is 3. The second kappa shape index (κ2) is 11.1. The van der Waals surface area contributed by atoms with Crippen LogP contribution >= 0.6 is 0 Å². The summed E-state index contributed by atoms with van der Waals surface area (Å²) >= 11 is 0. The molecule has 0 aliphatic carbocycles. The Bertz CT molecular complexity index is 1340. The van der Waals surface area contributed by atoms with Gasteiger partial charge >= 0.3 is 0 Å². The van der Waals surface area contributed by atoms with Crippen molar-refractivity contribution < 1.29 is 18.0 Å². The van der Waals surface area contributed by atoms with E-state index in [4.69, 9.17) is 0 Å². The van der Waals surface area contributed by atoms with Crippen molar-refractivity contribution >= 4 is 33.2 Å². The fraction of sp³-hybridized carbons (Fsp3) is 0.286. The second-order valence-corrected chi connectivity index (χ2v) is 10.6. The van der Waals surface area contributed by atoms with Crippen molar-refractivity contribution in [1.29, 1.82) is 0 Å². The van der Waals surface area contributed by atoms with Crippen molar-refractivity contribution in [3.63, 3.8) is 0 Å². The Balaban J connectivity index is 1.57. The molecule has 1 atom stereocenters. The number of rotatable bonds is 9. The molecule has 0 unspecified atom stereocenters. The predicted molar refractivity (Wildman–Crippen MR) is 141 cm³/mol. The minimum absolute atomic E-state index is 0.00838. The van der Waals surface area contributed by atoms with Crippen LogP contribution in [0.15, 0.2) is 77.7 Å². The lowest BCUT2D eigenvalue weighted by Gasteiger charge is -2.20. The summed E-state index contributed by atoms with van der Waals surface area (Å²) in [5.74, 6) is -0.429. The van der Waals surface area contributed by atoms with E-state index < -0.39 is 22.0 Å². The molecular formula is C28H31N3O4S. The molecule has 1 aliphatic rings. The van der Waals surface area contributed by atoms with Crippen LogP contribution in [0.2, 0.25) is 0 Å². The van der Waals surface area contributed by atoms with Crippen LogP contribution in [-0.4, -0.2) is 32.8 Å². The molecule has 3 aromatic rings. The van der Waals surface area contributed by atoms with E-state index >= 15 is 0 Å². The normalized spacial score (nSPS) is 13.8. The molecule has 1 aliphatic heterocycles. The van der Waals surface area contributed by atoms with Gasteiger partial charge in [-0.05, 0) is 66.3 Å². The number of hydrogen-bond donors (Lipinski definition) is 2. The zero-order valence-electron chi connectivity index (χ0n) is 20.5. The van der Waals surface area contributed by atoms with Gasteiger partial charge in [-0.1, -0.05) is 56.3 Å². The first-order chi connectivity index (χ1) is 17.3. The first-order valence-electron chi connectivity index (χ1n) is 12.2. The summed E-state index contributed by atoms with van der Waals surface area (Å²) in [5.41, 5.74) is 4.14. The molecule has 8 heteroatoms. The van der Waals surface area contributed by atoms with Gasteiger partial charge in [-0.3, -0.25) is 9.59 Å². The van der Waals surface area contributed by atoms with Crippen LogP contribution < -0.4 is 14.9 Å². The number of fused-ring (bicyclic) bond motifs is 1. The van der Waals surface area contributed by atoms with E-state index in [1.165, 1.54) is 6.07 Å². The van der Waals surface area contributed by atoms with Crippen LogP contribution in [0.4, 0.5) is 11.4 Å². The highest BCUT2D eigenvalue weighted by atomic mass is 32.2. The number of hydrogen-bond acceptors (Lipinski definition) is 4. The van der Waals surface area contributed by atoms with Crippen molar-refractivity contribution in [2.45, 2.75) is 50.5 Å². The summed E-state index contributed by atoms with van der Waals surface area (Å²) in [5, 5.41) is 2.84. The number of carbonyl (C=O) groups is 2. The van der Waals surface area contributed by atoms with Crippen LogP contribution in [0, 0.1) is 0 Å². The highest BCUT2D eigenvalue weighted by molar-refractivity contribution is 7.89. The molecule has 2 N–H and O–H groups in total. The molecule has 1 heterocycles. The summed E-state index contributed by atoms with van der Waals surface area (Å²) in [6.45, 7) is 4.39. The third-order valence-corrected chi connectivity index (χ3v) is 7.86. The summed E-state index contributed by atoms with van der Waals surface area (Å²) < 4.78 is 29.4. The lowest BCUT2D eigenvalue weighted by molar-refractivity contribution is -0.118. The molecule has 0 radical (unpaired) electrons. The van der Waals surface area contributed by atoms with Crippen LogP contribution in [0.1, 0.15) is 37.0 Å². The van der Waals surface area contributed by atoms with Gasteiger partial charge in [0.15, 0.2) is 0 Å². The zero-order valence-corrected chi connectivity index (χ0v) is 21.3. The smallest absolute Gasteiger partial charge is 0.242 e.